The van der Waals surface area contributed by atoms with Crippen LogP contribution in [0.15, 0.2) is 18.2 Å². The first kappa shape index (κ1) is 17.8. The third kappa shape index (κ3) is 4.99. The molecule has 2 atom stereocenters. The van der Waals surface area contributed by atoms with E-state index in [1.54, 1.807) is 18.2 Å². The minimum absolute atomic E-state index is 0.144. The molecule has 3 N–H and O–H groups in total. The number of nitrogens with zero attached hydrogens (tertiary/aromatic N) is 1. The van der Waals surface area contributed by atoms with Gasteiger partial charge in [-0.15, -0.1) is 0 Å². The van der Waals surface area contributed by atoms with Crippen LogP contribution in [0.25, 0.3) is 0 Å². The molecule has 1 aliphatic rings. The maximum absolute atomic E-state index is 12.3. The van der Waals surface area contributed by atoms with E-state index in [-0.39, 0.29) is 12.6 Å². The minimum atomic E-state index is -1.23. The number of carbonyl (C=O) groups is 2. The zero-order valence-corrected chi connectivity index (χ0v) is 14.2. The highest BCUT2D eigenvalue weighted by atomic mass is 35.5. The lowest BCUT2D eigenvalue weighted by molar-refractivity contribution is -0.129. The number of anilines is 1. The molecule has 1 aromatic rings. The molecule has 23 heavy (non-hydrogen) atoms. The normalized spacial score (nSPS) is 20.8. The van der Waals surface area contributed by atoms with Crippen LogP contribution in [0.1, 0.15) is 19.8 Å². The summed E-state index contributed by atoms with van der Waals surface area (Å²) in [5.41, 5.74) is 0.566. The van der Waals surface area contributed by atoms with Gasteiger partial charge in [0.1, 0.15) is 0 Å². The molecule has 1 aliphatic heterocycles. The third-order valence-corrected chi connectivity index (χ3v) is 4.22. The largest absolute Gasteiger partial charge is 0.465 e. The highest BCUT2D eigenvalue weighted by molar-refractivity contribution is 6.35. The molecule has 1 heterocycles. The van der Waals surface area contributed by atoms with Gasteiger partial charge < -0.3 is 15.7 Å². The van der Waals surface area contributed by atoms with Crippen LogP contribution < -0.4 is 10.6 Å². The maximum Gasteiger partial charge on any atom is 0.414 e. The Morgan fingerprint density at radius 2 is 1.96 bits per heavy atom. The highest BCUT2D eigenvalue weighted by Gasteiger charge is 2.31. The van der Waals surface area contributed by atoms with Gasteiger partial charge in [0.05, 0.1) is 12.6 Å². The van der Waals surface area contributed by atoms with Crippen molar-refractivity contribution in [2.45, 2.75) is 31.8 Å². The fourth-order valence-electron chi connectivity index (χ4n) is 2.59. The summed E-state index contributed by atoms with van der Waals surface area (Å²) in [7, 11) is 0. The van der Waals surface area contributed by atoms with E-state index in [4.69, 9.17) is 23.2 Å². The van der Waals surface area contributed by atoms with Crippen molar-refractivity contribution in [2.24, 2.45) is 0 Å². The Morgan fingerprint density at radius 1 is 1.30 bits per heavy atom. The Balaban J connectivity index is 1.99. The summed E-state index contributed by atoms with van der Waals surface area (Å²) in [4.78, 5) is 24.6. The van der Waals surface area contributed by atoms with E-state index >= 15 is 0 Å². The fourth-order valence-corrected chi connectivity index (χ4v) is 3.12. The van der Waals surface area contributed by atoms with Gasteiger partial charge in [-0.3, -0.25) is 4.79 Å². The fraction of sp³-hybridized carbons (Fsp3) is 0.467. The quantitative estimate of drug-likeness (QED) is 0.769. The first-order valence-corrected chi connectivity index (χ1v) is 8.10. The lowest BCUT2D eigenvalue weighted by Gasteiger charge is -2.33. The molecule has 6 nitrogen and oxygen atoms in total. The van der Waals surface area contributed by atoms with E-state index in [0.717, 1.165) is 11.3 Å². The average Bonchev–Trinajstić information content (AvgIpc) is 2.46. The van der Waals surface area contributed by atoms with Crippen LogP contribution in [0.5, 0.6) is 0 Å². The molecule has 2 rings (SSSR count). The van der Waals surface area contributed by atoms with Crippen molar-refractivity contribution >= 4 is 40.9 Å². The predicted octanol–water partition coefficient (Wildman–Crippen LogP) is 3.05. The zero-order valence-electron chi connectivity index (χ0n) is 12.7. The summed E-state index contributed by atoms with van der Waals surface area (Å²) in [6.07, 6.45) is 0.260. The standard InChI is InChI=1S/C15H19Cl2N3O3/c1-9-2-3-13(7-18-9)20(15(22)23)14(21)8-19-12-5-10(16)4-11(17)6-12/h4-6,9,13,18-19H,2-3,7-8H2,1H3,(H,22,23). The van der Waals surface area contributed by atoms with Crippen molar-refractivity contribution in [1.82, 2.24) is 10.2 Å². The molecule has 1 aromatic carbocycles. The Labute approximate surface area is 144 Å². The number of carboxylic acid groups (broad SMARTS) is 1. The van der Waals surface area contributed by atoms with Gasteiger partial charge in [0.25, 0.3) is 5.91 Å². The molecule has 1 fully saturated rings. The Bertz CT molecular complexity index is 569. The van der Waals surface area contributed by atoms with Crippen LogP contribution in [0, 0.1) is 0 Å². The van der Waals surface area contributed by atoms with Crippen molar-refractivity contribution < 1.29 is 14.7 Å². The van der Waals surface area contributed by atoms with Crippen LogP contribution >= 0.6 is 23.2 Å². The number of nitrogens with one attached hydrogen (secondary N) is 2. The van der Waals surface area contributed by atoms with E-state index in [2.05, 4.69) is 10.6 Å². The van der Waals surface area contributed by atoms with Crippen molar-refractivity contribution in [3.05, 3.63) is 28.2 Å². The van der Waals surface area contributed by atoms with Gasteiger partial charge in [0.15, 0.2) is 0 Å². The number of hydrogen-bond acceptors (Lipinski definition) is 4. The first-order chi connectivity index (χ1) is 10.9. The van der Waals surface area contributed by atoms with E-state index in [1.807, 2.05) is 6.92 Å². The summed E-state index contributed by atoms with van der Waals surface area (Å²) in [6, 6.07) is 4.81. The molecule has 126 valence electrons. The Kier molecular flexibility index (Phi) is 6.10. The lowest BCUT2D eigenvalue weighted by Crippen LogP contribution is -2.54. The predicted molar refractivity (Wildman–Crippen MR) is 90.3 cm³/mol. The van der Waals surface area contributed by atoms with Gasteiger partial charge in [-0.05, 0) is 38.0 Å². The van der Waals surface area contributed by atoms with E-state index < -0.39 is 12.0 Å². The van der Waals surface area contributed by atoms with Crippen molar-refractivity contribution in [1.29, 1.82) is 0 Å². The summed E-state index contributed by atoms with van der Waals surface area (Å²) in [5, 5.41) is 16.3. The van der Waals surface area contributed by atoms with E-state index in [1.165, 1.54) is 0 Å². The molecule has 1 saturated heterocycles. The van der Waals surface area contributed by atoms with Crippen LogP contribution in [0.3, 0.4) is 0 Å². The maximum atomic E-state index is 12.3. The summed E-state index contributed by atoms with van der Waals surface area (Å²) in [6.45, 7) is 2.37. The molecule has 2 unspecified atom stereocenters. The number of rotatable bonds is 4. The van der Waals surface area contributed by atoms with Gasteiger partial charge in [-0.1, -0.05) is 23.2 Å². The molecule has 0 radical (unpaired) electrons. The monoisotopic (exact) mass is 359 g/mol. The Hall–Kier alpha value is -1.50. The molecule has 8 heteroatoms. The topological polar surface area (TPSA) is 81.7 Å². The molecule has 0 spiro atoms. The van der Waals surface area contributed by atoms with Crippen molar-refractivity contribution in [3.8, 4) is 0 Å². The van der Waals surface area contributed by atoms with Crippen LogP contribution in [0.2, 0.25) is 10.0 Å². The molecular formula is C15H19Cl2N3O3. The summed E-state index contributed by atoms with van der Waals surface area (Å²) in [5.74, 6) is -0.505. The van der Waals surface area contributed by atoms with Gasteiger partial charge in [0, 0.05) is 28.3 Å². The number of benzene rings is 1. The molecular weight excluding hydrogens is 341 g/mol. The van der Waals surface area contributed by atoms with Gasteiger partial charge in [-0.25, -0.2) is 9.69 Å². The van der Waals surface area contributed by atoms with Gasteiger partial charge in [0.2, 0.25) is 0 Å². The van der Waals surface area contributed by atoms with Crippen LogP contribution in [0.4, 0.5) is 10.5 Å². The minimum Gasteiger partial charge on any atom is -0.465 e. The first-order valence-electron chi connectivity index (χ1n) is 7.35. The molecule has 0 bridgehead atoms. The number of carbonyl (C=O) groups excluding carboxylic acids is 1. The second kappa shape index (κ2) is 7.86. The third-order valence-electron chi connectivity index (χ3n) is 3.78. The van der Waals surface area contributed by atoms with Crippen LogP contribution in [-0.2, 0) is 4.79 Å². The van der Waals surface area contributed by atoms with E-state index in [0.29, 0.717) is 34.7 Å². The van der Waals surface area contributed by atoms with E-state index in [9.17, 15) is 14.7 Å². The zero-order chi connectivity index (χ0) is 17.0. The summed E-state index contributed by atoms with van der Waals surface area (Å²) < 4.78 is 0. The number of amides is 2. The van der Waals surface area contributed by atoms with Crippen LogP contribution in [-0.4, -0.2) is 47.2 Å². The smallest absolute Gasteiger partial charge is 0.414 e. The number of imide groups is 1. The highest BCUT2D eigenvalue weighted by Crippen LogP contribution is 2.22. The second-order valence-corrected chi connectivity index (χ2v) is 6.47. The van der Waals surface area contributed by atoms with Crippen molar-refractivity contribution in [3.63, 3.8) is 0 Å². The SMILES string of the molecule is CC1CCC(N(C(=O)O)C(=O)CNc2cc(Cl)cc(Cl)c2)CN1. The number of halogens is 2. The lowest BCUT2D eigenvalue weighted by atomic mass is 10.0. The van der Waals surface area contributed by atoms with Gasteiger partial charge >= 0.3 is 6.09 Å². The van der Waals surface area contributed by atoms with Gasteiger partial charge in [-0.2, -0.15) is 0 Å². The molecule has 0 aliphatic carbocycles. The van der Waals surface area contributed by atoms with Crippen molar-refractivity contribution in [2.75, 3.05) is 18.4 Å². The second-order valence-electron chi connectivity index (χ2n) is 5.60. The Morgan fingerprint density at radius 3 is 2.48 bits per heavy atom. The average molecular weight is 360 g/mol. The number of hydrogen-bond donors (Lipinski definition) is 3. The molecule has 0 saturated carbocycles. The molecule has 2 amide bonds. The molecule has 0 aromatic heterocycles. The number of piperidine rings is 1. The summed E-state index contributed by atoms with van der Waals surface area (Å²) >= 11 is 11.8.